The van der Waals surface area contributed by atoms with Crippen molar-refractivity contribution in [1.29, 1.82) is 0 Å². The number of para-hydroxylation sites is 2. The second-order valence-corrected chi connectivity index (χ2v) is 8.01. The fourth-order valence-electron chi connectivity index (χ4n) is 3.50. The van der Waals surface area contributed by atoms with Crippen molar-refractivity contribution in [2.45, 2.75) is 79.1 Å². The van der Waals surface area contributed by atoms with Crippen LogP contribution >= 0.6 is 0 Å². The van der Waals surface area contributed by atoms with Crippen LogP contribution in [-0.4, -0.2) is 11.9 Å². The quantitative estimate of drug-likeness (QED) is 0.239. The highest BCUT2D eigenvalue weighted by Crippen LogP contribution is 2.24. The highest BCUT2D eigenvalue weighted by molar-refractivity contribution is 5.73. The third-order valence-electron chi connectivity index (χ3n) is 5.26. The van der Waals surface area contributed by atoms with E-state index in [4.69, 9.17) is 9.47 Å². The second kappa shape index (κ2) is 12.2. The normalized spacial score (nSPS) is 10.7. The van der Waals surface area contributed by atoms with Crippen LogP contribution in [-0.2, 0) is 9.59 Å². The monoisotopic (exact) mass is 410 g/mol. The van der Waals surface area contributed by atoms with Crippen LogP contribution in [0.25, 0.3) is 0 Å². The SMILES string of the molecule is Cc1cccc(C)c1OC(=O)CCCCCCCCC(=O)Oc1c(C)cccc1C. The van der Waals surface area contributed by atoms with Crippen molar-refractivity contribution in [2.24, 2.45) is 0 Å². The lowest BCUT2D eigenvalue weighted by Crippen LogP contribution is -2.09. The zero-order valence-corrected chi connectivity index (χ0v) is 18.8. The minimum Gasteiger partial charge on any atom is -0.426 e. The first kappa shape index (κ1) is 23.7. The molecule has 0 unspecified atom stereocenters. The molecule has 0 saturated carbocycles. The van der Waals surface area contributed by atoms with Gasteiger partial charge in [0.2, 0.25) is 0 Å². The summed E-state index contributed by atoms with van der Waals surface area (Å²) in [5.41, 5.74) is 3.94. The predicted molar refractivity (Wildman–Crippen MR) is 120 cm³/mol. The fourth-order valence-corrected chi connectivity index (χ4v) is 3.50. The van der Waals surface area contributed by atoms with Crippen LogP contribution in [0.5, 0.6) is 11.5 Å². The Labute approximate surface area is 180 Å². The number of rotatable bonds is 11. The first-order valence-electron chi connectivity index (χ1n) is 10.9. The number of aryl methyl sites for hydroxylation is 4. The number of unbranched alkanes of at least 4 members (excludes halogenated alkanes) is 5. The maximum absolute atomic E-state index is 12.1. The van der Waals surface area contributed by atoms with Crippen molar-refractivity contribution in [1.82, 2.24) is 0 Å². The van der Waals surface area contributed by atoms with Crippen LogP contribution in [0.15, 0.2) is 36.4 Å². The number of ether oxygens (including phenoxy) is 2. The average molecular weight is 411 g/mol. The van der Waals surface area contributed by atoms with Crippen molar-refractivity contribution in [3.8, 4) is 11.5 Å². The lowest BCUT2D eigenvalue weighted by atomic mass is 10.1. The summed E-state index contributed by atoms with van der Waals surface area (Å²) in [5, 5.41) is 0. The Bertz CT molecular complexity index is 742. The fraction of sp³-hybridized carbons (Fsp3) is 0.462. The Kier molecular flexibility index (Phi) is 9.59. The van der Waals surface area contributed by atoms with Crippen molar-refractivity contribution < 1.29 is 19.1 Å². The molecule has 0 radical (unpaired) electrons. The zero-order chi connectivity index (χ0) is 21.9. The Hall–Kier alpha value is -2.62. The molecule has 0 N–H and O–H groups in total. The van der Waals surface area contributed by atoms with Crippen molar-refractivity contribution in [3.05, 3.63) is 58.7 Å². The molecule has 162 valence electrons. The largest absolute Gasteiger partial charge is 0.426 e. The third-order valence-corrected chi connectivity index (χ3v) is 5.26. The standard InChI is InChI=1S/C26H34O4/c1-19-13-11-14-20(2)25(19)29-23(27)17-9-7-5-6-8-10-18-24(28)30-26-21(3)15-12-16-22(26)4/h11-16H,5-10,17-18H2,1-4H3. The third kappa shape index (κ3) is 7.66. The Morgan fingerprint density at radius 3 is 1.20 bits per heavy atom. The lowest BCUT2D eigenvalue weighted by molar-refractivity contribution is -0.135. The van der Waals surface area contributed by atoms with Crippen LogP contribution in [0.3, 0.4) is 0 Å². The summed E-state index contributed by atoms with van der Waals surface area (Å²) in [6, 6.07) is 11.7. The molecule has 0 aliphatic rings. The van der Waals surface area contributed by atoms with E-state index in [1.807, 2.05) is 64.1 Å². The molecule has 0 aliphatic heterocycles. The molecule has 0 amide bonds. The molecular weight excluding hydrogens is 376 g/mol. The molecule has 0 fully saturated rings. The van der Waals surface area contributed by atoms with E-state index in [1.54, 1.807) is 0 Å². The van der Waals surface area contributed by atoms with Gasteiger partial charge in [0, 0.05) is 12.8 Å². The molecule has 4 nitrogen and oxygen atoms in total. The van der Waals surface area contributed by atoms with Gasteiger partial charge in [0.25, 0.3) is 0 Å². The molecular formula is C26H34O4. The summed E-state index contributed by atoms with van der Waals surface area (Å²) in [4.78, 5) is 24.1. The number of hydrogen-bond donors (Lipinski definition) is 0. The molecule has 4 heteroatoms. The summed E-state index contributed by atoms with van der Waals surface area (Å²) in [6.07, 6.45) is 6.65. The van der Waals surface area contributed by atoms with Gasteiger partial charge in [-0.2, -0.15) is 0 Å². The molecule has 0 heterocycles. The number of esters is 2. The highest BCUT2D eigenvalue weighted by atomic mass is 16.5. The molecule has 0 atom stereocenters. The minimum absolute atomic E-state index is 0.165. The van der Waals surface area contributed by atoms with Gasteiger partial charge in [-0.05, 0) is 62.8 Å². The minimum atomic E-state index is -0.165. The predicted octanol–water partition coefficient (Wildman–Crippen LogP) is 6.55. The Balaban J connectivity index is 1.54. The summed E-state index contributed by atoms with van der Waals surface area (Å²) >= 11 is 0. The number of benzene rings is 2. The van der Waals surface area contributed by atoms with Gasteiger partial charge in [0.05, 0.1) is 0 Å². The van der Waals surface area contributed by atoms with Gasteiger partial charge in [-0.25, -0.2) is 0 Å². The maximum Gasteiger partial charge on any atom is 0.311 e. The number of carbonyl (C=O) groups is 2. The van der Waals surface area contributed by atoms with E-state index >= 15 is 0 Å². The second-order valence-electron chi connectivity index (χ2n) is 8.01. The molecule has 0 bridgehead atoms. The molecule has 0 aromatic heterocycles. The van der Waals surface area contributed by atoms with Crippen LogP contribution in [0.4, 0.5) is 0 Å². The van der Waals surface area contributed by atoms with E-state index in [1.165, 1.54) is 0 Å². The number of hydrogen-bond acceptors (Lipinski definition) is 4. The van der Waals surface area contributed by atoms with Crippen molar-refractivity contribution in [2.75, 3.05) is 0 Å². The maximum atomic E-state index is 12.1. The number of carbonyl (C=O) groups excluding carboxylic acids is 2. The van der Waals surface area contributed by atoms with Gasteiger partial charge in [0.1, 0.15) is 11.5 Å². The van der Waals surface area contributed by atoms with Gasteiger partial charge < -0.3 is 9.47 Å². The average Bonchev–Trinajstić information content (AvgIpc) is 2.70. The lowest BCUT2D eigenvalue weighted by Gasteiger charge is -2.10. The molecule has 0 spiro atoms. The van der Waals surface area contributed by atoms with E-state index < -0.39 is 0 Å². The van der Waals surface area contributed by atoms with Crippen LogP contribution in [0, 0.1) is 27.7 Å². The first-order chi connectivity index (χ1) is 14.4. The van der Waals surface area contributed by atoms with Crippen molar-refractivity contribution in [3.63, 3.8) is 0 Å². The molecule has 0 saturated heterocycles. The molecule has 2 rings (SSSR count). The highest BCUT2D eigenvalue weighted by Gasteiger charge is 2.10. The van der Waals surface area contributed by atoms with Gasteiger partial charge in [-0.1, -0.05) is 62.1 Å². The molecule has 30 heavy (non-hydrogen) atoms. The summed E-state index contributed by atoms with van der Waals surface area (Å²) in [6.45, 7) is 7.81. The molecule has 2 aromatic rings. The van der Waals surface area contributed by atoms with Crippen molar-refractivity contribution >= 4 is 11.9 Å². The van der Waals surface area contributed by atoms with Gasteiger partial charge in [-0.3, -0.25) is 9.59 Å². The van der Waals surface area contributed by atoms with Crippen LogP contribution in [0.1, 0.15) is 73.6 Å². The summed E-state index contributed by atoms with van der Waals surface area (Å²) in [5.74, 6) is 1.05. The van der Waals surface area contributed by atoms with E-state index in [0.29, 0.717) is 24.3 Å². The van der Waals surface area contributed by atoms with Gasteiger partial charge >= 0.3 is 11.9 Å². The summed E-state index contributed by atoms with van der Waals surface area (Å²) < 4.78 is 11.0. The van der Waals surface area contributed by atoms with Crippen LogP contribution < -0.4 is 9.47 Å². The summed E-state index contributed by atoms with van der Waals surface area (Å²) in [7, 11) is 0. The molecule has 2 aromatic carbocycles. The smallest absolute Gasteiger partial charge is 0.311 e. The zero-order valence-electron chi connectivity index (χ0n) is 18.8. The van der Waals surface area contributed by atoms with E-state index in [0.717, 1.165) is 60.8 Å². The Morgan fingerprint density at radius 2 is 0.867 bits per heavy atom. The topological polar surface area (TPSA) is 52.6 Å². The van der Waals surface area contributed by atoms with E-state index in [9.17, 15) is 9.59 Å². The Morgan fingerprint density at radius 1 is 0.567 bits per heavy atom. The molecule has 0 aliphatic carbocycles. The van der Waals surface area contributed by atoms with E-state index in [-0.39, 0.29) is 11.9 Å². The first-order valence-corrected chi connectivity index (χ1v) is 10.9. The van der Waals surface area contributed by atoms with Crippen LogP contribution in [0.2, 0.25) is 0 Å². The van der Waals surface area contributed by atoms with E-state index in [2.05, 4.69) is 0 Å². The van der Waals surface area contributed by atoms with Gasteiger partial charge in [-0.15, -0.1) is 0 Å². The van der Waals surface area contributed by atoms with Gasteiger partial charge in [0.15, 0.2) is 0 Å².